The van der Waals surface area contributed by atoms with Crippen molar-refractivity contribution in [2.24, 2.45) is 5.73 Å². The number of halogens is 4. The Morgan fingerprint density at radius 2 is 1.76 bits per heavy atom. The maximum Gasteiger partial charge on any atom is 0.194 e. The van der Waals surface area contributed by atoms with Gasteiger partial charge in [0, 0.05) is 22.5 Å². The molecule has 21 heavy (non-hydrogen) atoms. The Morgan fingerprint density at radius 1 is 1.10 bits per heavy atom. The van der Waals surface area contributed by atoms with Crippen LogP contribution in [-0.2, 0) is 0 Å². The Bertz CT molecular complexity index is 684. The van der Waals surface area contributed by atoms with Gasteiger partial charge >= 0.3 is 0 Å². The van der Waals surface area contributed by atoms with Crippen LogP contribution in [0.5, 0.6) is 5.75 Å². The summed E-state index contributed by atoms with van der Waals surface area (Å²) in [6.45, 7) is 0. The van der Waals surface area contributed by atoms with Crippen LogP contribution in [0.1, 0.15) is 29.7 Å². The van der Waals surface area contributed by atoms with Crippen LogP contribution in [0.15, 0.2) is 34.8 Å². The Labute approximate surface area is 127 Å². The molecule has 2 nitrogen and oxygen atoms in total. The summed E-state index contributed by atoms with van der Waals surface area (Å²) in [4.78, 5) is 0. The van der Waals surface area contributed by atoms with E-state index in [1.54, 1.807) is 6.07 Å². The van der Waals surface area contributed by atoms with Gasteiger partial charge in [0.15, 0.2) is 17.5 Å². The van der Waals surface area contributed by atoms with Crippen LogP contribution in [0.4, 0.5) is 13.2 Å². The Morgan fingerprint density at radius 3 is 2.43 bits per heavy atom. The molecule has 2 N–H and O–H groups in total. The summed E-state index contributed by atoms with van der Waals surface area (Å²) in [5.74, 6) is -3.40. The van der Waals surface area contributed by atoms with E-state index in [1.165, 1.54) is 0 Å². The van der Waals surface area contributed by atoms with Crippen LogP contribution in [0, 0.1) is 17.5 Å². The van der Waals surface area contributed by atoms with E-state index in [9.17, 15) is 13.2 Å². The van der Waals surface area contributed by atoms with Gasteiger partial charge in [-0.05, 0) is 29.8 Å². The van der Waals surface area contributed by atoms with Crippen molar-refractivity contribution in [2.45, 2.75) is 18.6 Å². The maximum atomic E-state index is 13.3. The number of hydrogen-bond donors (Lipinski definition) is 1. The summed E-state index contributed by atoms with van der Waals surface area (Å²) >= 11 is 3.33. The molecule has 110 valence electrons. The highest BCUT2D eigenvalue weighted by molar-refractivity contribution is 9.10. The van der Waals surface area contributed by atoms with Gasteiger partial charge in [-0.15, -0.1) is 0 Å². The molecule has 1 aliphatic heterocycles. The molecule has 0 radical (unpaired) electrons. The maximum absolute atomic E-state index is 13.3. The first-order valence-electron chi connectivity index (χ1n) is 6.32. The van der Waals surface area contributed by atoms with Gasteiger partial charge in [-0.1, -0.05) is 22.0 Å². The zero-order valence-electron chi connectivity index (χ0n) is 10.7. The molecular weight excluding hydrogens is 347 g/mol. The lowest BCUT2D eigenvalue weighted by Crippen LogP contribution is -2.24. The molecule has 0 saturated heterocycles. The Kier molecular flexibility index (Phi) is 3.67. The average molecular weight is 358 g/mol. The lowest BCUT2D eigenvalue weighted by molar-refractivity contribution is 0.160. The van der Waals surface area contributed by atoms with Gasteiger partial charge in [0.1, 0.15) is 11.9 Å². The first-order valence-corrected chi connectivity index (χ1v) is 7.11. The summed E-state index contributed by atoms with van der Waals surface area (Å²) in [6, 6.07) is 7.00. The second-order valence-corrected chi connectivity index (χ2v) is 5.85. The second-order valence-electron chi connectivity index (χ2n) is 4.93. The van der Waals surface area contributed by atoms with E-state index in [1.807, 2.05) is 12.1 Å². The van der Waals surface area contributed by atoms with Crippen molar-refractivity contribution in [3.8, 4) is 5.75 Å². The van der Waals surface area contributed by atoms with Crippen molar-refractivity contribution in [1.29, 1.82) is 0 Å². The molecule has 3 rings (SSSR count). The number of rotatable bonds is 1. The monoisotopic (exact) mass is 357 g/mol. The van der Waals surface area contributed by atoms with E-state index >= 15 is 0 Å². The van der Waals surface area contributed by atoms with Gasteiger partial charge in [-0.3, -0.25) is 0 Å². The van der Waals surface area contributed by atoms with Crippen molar-refractivity contribution < 1.29 is 17.9 Å². The van der Waals surface area contributed by atoms with E-state index in [-0.39, 0.29) is 11.6 Å². The van der Waals surface area contributed by atoms with Crippen LogP contribution in [0.25, 0.3) is 0 Å². The normalized spacial score (nSPS) is 20.8. The molecule has 0 spiro atoms. The number of ether oxygens (including phenoxy) is 1. The summed E-state index contributed by atoms with van der Waals surface area (Å²) in [5, 5.41) is 0. The molecule has 0 aliphatic carbocycles. The lowest BCUT2D eigenvalue weighted by atomic mass is 9.93. The average Bonchev–Trinajstić information content (AvgIpc) is 2.43. The zero-order chi connectivity index (χ0) is 15.1. The molecule has 1 aliphatic rings. The summed E-state index contributed by atoms with van der Waals surface area (Å²) in [5.41, 5.74) is 7.13. The molecule has 1 heterocycles. The molecule has 0 amide bonds. The van der Waals surface area contributed by atoms with Crippen molar-refractivity contribution in [3.63, 3.8) is 0 Å². The highest BCUT2D eigenvalue weighted by atomic mass is 79.9. The fourth-order valence-corrected chi connectivity index (χ4v) is 2.78. The molecule has 0 fully saturated rings. The van der Waals surface area contributed by atoms with Gasteiger partial charge < -0.3 is 10.5 Å². The fourth-order valence-electron chi connectivity index (χ4n) is 2.44. The fraction of sp³-hybridized carbons (Fsp3) is 0.200. The minimum Gasteiger partial charge on any atom is -0.485 e. The molecule has 0 bridgehead atoms. The van der Waals surface area contributed by atoms with Crippen molar-refractivity contribution in [3.05, 3.63) is 63.4 Å². The van der Waals surface area contributed by atoms with Gasteiger partial charge in [0.05, 0.1) is 0 Å². The first-order chi connectivity index (χ1) is 9.95. The third kappa shape index (κ3) is 2.65. The van der Waals surface area contributed by atoms with E-state index in [4.69, 9.17) is 10.5 Å². The SMILES string of the molecule is NC1CC(c2cc(F)c(F)c(F)c2)Oc2cc(Br)ccc21. The topological polar surface area (TPSA) is 35.2 Å². The number of fused-ring (bicyclic) bond motifs is 1. The smallest absolute Gasteiger partial charge is 0.194 e. The highest BCUT2D eigenvalue weighted by Gasteiger charge is 2.28. The zero-order valence-corrected chi connectivity index (χ0v) is 12.3. The molecule has 0 saturated carbocycles. The van der Waals surface area contributed by atoms with E-state index in [0.717, 1.165) is 22.2 Å². The third-order valence-electron chi connectivity index (χ3n) is 3.49. The molecule has 2 aromatic rings. The van der Waals surface area contributed by atoms with Crippen LogP contribution in [-0.4, -0.2) is 0 Å². The predicted octanol–water partition coefficient (Wildman–Crippen LogP) is 4.39. The largest absolute Gasteiger partial charge is 0.485 e. The van der Waals surface area contributed by atoms with E-state index in [0.29, 0.717) is 12.2 Å². The summed E-state index contributed by atoms with van der Waals surface area (Å²) in [6.07, 6.45) is -0.259. The van der Waals surface area contributed by atoms with Gasteiger partial charge in [0.25, 0.3) is 0 Å². The van der Waals surface area contributed by atoms with Gasteiger partial charge in [-0.25, -0.2) is 13.2 Å². The molecule has 6 heteroatoms. The quantitative estimate of drug-likeness (QED) is 0.768. The van der Waals surface area contributed by atoms with Gasteiger partial charge in [-0.2, -0.15) is 0 Å². The highest BCUT2D eigenvalue weighted by Crippen LogP contribution is 2.41. The molecule has 0 aromatic heterocycles. The number of nitrogens with two attached hydrogens (primary N) is 1. The lowest BCUT2D eigenvalue weighted by Gasteiger charge is -2.30. The van der Waals surface area contributed by atoms with E-state index < -0.39 is 23.6 Å². The summed E-state index contributed by atoms with van der Waals surface area (Å²) < 4.78 is 46.3. The minimum absolute atomic E-state index is 0.229. The molecule has 2 aromatic carbocycles. The Hall–Kier alpha value is -1.53. The van der Waals surface area contributed by atoms with Crippen molar-refractivity contribution >= 4 is 15.9 Å². The summed E-state index contributed by atoms with van der Waals surface area (Å²) in [7, 11) is 0. The second kappa shape index (κ2) is 5.35. The van der Waals surface area contributed by atoms with Crippen LogP contribution < -0.4 is 10.5 Å². The molecule has 2 unspecified atom stereocenters. The van der Waals surface area contributed by atoms with E-state index in [2.05, 4.69) is 15.9 Å². The van der Waals surface area contributed by atoms with Crippen LogP contribution in [0.2, 0.25) is 0 Å². The van der Waals surface area contributed by atoms with Crippen molar-refractivity contribution in [2.75, 3.05) is 0 Å². The first kappa shape index (κ1) is 14.4. The predicted molar refractivity (Wildman–Crippen MR) is 75.4 cm³/mol. The molecular formula is C15H11BrF3NO. The van der Waals surface area contributed by atoms with Crippen molar-refractivity contribution in [1.82, 2.24) is 0 Å². The number of benzene rings is 2. The minimum atomic E-state index is -1.48. The standard InChI is InChI=1S/C15H11BrF3NO/c16-8-1-2-9-12(20)6-13(21-14(9)5-8)7-3-10(17)15(19)11(18)4-7/h1-5,12-13H,6,20H2. The Balaban J connectivity index is 1.99. The molecule has 2 atom stereocenters. The van der Waals surface area contributed by atoms with Gasteiger partial charge in [0.2, 0.25) is 0 Å². The van der Waals surface area contributed by atoms with Crippen LogP contribution >= 0.6 is 15.9 Å². The third-order valence-corrected chi connectivity index (χ3v) is 3.98. The van der Waals surface area contributed by atoms with Crippen LogP contribution in [0.3, 0.4) is 0 Å². The number of hydrogen-bond acceptors (Lipinski definition) is 2.